The van der Waals surface area contributed by atoms with Crippen molar-refractivity contribution < 1.29 is 41.9 Å². The minimum atomic E-state index is -0.714. The summed E-state index contributed by atoms with van der Waals surface area (Å²) in [6.45, 7) is 0. The van der Waals surface area contributed by atoms with Crippen LogP contribution in [0.2, 0.25) is 15.1 Å². The molecule has 0 spiro atoms. The zero-order valence-electron chi connectivity index (χ0n) is 55.0. The number of carbonyl (C=O) groups is 6. The largest absolute Gasteiger partial charge is 0.364 e. The van der Waals surface area contributed by atoms with Crippen molar-refractivity contribution in [2.75, 3.05) is 16.0 Å². The van der Waals surface area contributed by atoms with Crippen molar-refractivity contribution in [1.29, 1.82) is 0 Å². The Morgan fingerprint density at radius 1 is 0.376 bits per heavy atom. The van der Waals surface area contributed by atoms with E-state index in [1.807, 2.05) is 42.5 Å². The van der Waals surface area contributed by atoms with Gasteiger partial charge in [-0.2, -0.15) is 15.3 Å². The molecule has 0 aliphatic heterocycles. The van der Waals surface area contributed by atoms with E-state index in [1.165, 1.54) is 96.5 Å². The Bertz CT molecular complexity index is 6300. The van der Waals surface area contributed by atoms with Crippen molar-refractivity contribution >= 4 is 197 Å². The van der Waals surface area contributed by atoms with Gasteiger partial charge in [0.1, 0.15) is 17.5 Å². The molecule has 0 aliphatic rings. The van der Waals surface area contributed by atoms with Crippen molar-refractivity contribution in [3.05, 3.63) is 302 Å². The summed E-state index contributed by atoms with van der Waals surface area (Å²) in [6.07, 6.45) is 12.0. The first-order chi connectivity index (χ1) is 52.2. The lowest BCUT2D eigenvalue weighted by atomic mass is 9.95. The van der Waals surface area contributed by atoms with Crippen LogP contribution in [0.5, 0.6) is 0 Å². The zero-order chi connectivity index (χ0) is 76.2. The van der Waals surface area contributed by atoms with E-state index in [2.05, 4.69) is 95.4 Å². The van der Waals surface area contributed by atoms with Gasteiger partial charge in [-0.1, -0.05) is 88.5 Å². The SMILES string of the molecule is BrBr.C.NC(=O)c1nn(-c2ccc(F)cc2)c2c1cc(-c1cccnc1)c1ccc(NC(=O)c3ccncc3Cl)cc12.NC(=O)c1nn(-c2ccc(F)cc2)c2c1cc(Br)c1ccc(NC(=O)c3ccncc3Cl)cc12.NC(=O)c1nn(-c2ccc(F)cc2)c2c1ccc1ccc(NC(=O)c3ccncc3Cl)cc12. The van der Waals surface area contributed by atoms with Crippen LogP contribution >= 0.6 is 79.0 Å². The van der Waals surface area contributed by atoms with Crippen LogP contribution < -0.4 is 33.2 Å². The van der Waals surface area contributed by atoms with E-state index in [-0.39, 0.29) is 56.3 Å². The summed E-state index contributed by atoms with van der Waals surface area (Å²) in [6, 6.07) is 48.8. The quantitative estimate of drug-likeness (QED) is 0.0626. The van der Waals surface area contributed by atoms with E-state index in [0.29, 0.717) is 82.1 Å². The summed E-state index contributed by atoms with van der Waals surface area (Å²) in [5.74, 6) is -4.50. The molecule has 0 bridgehead atoms. The molecule has 0 atom stereocenters. The Labute approximate surface area is 654 Å². The molecule has 0 unspecified atom stereocenters. The second kappa shape index (κ2) is 32.8. The summed E-state index contributed by atoms with van der Waals surface area (Å²) in [4.78, 5) is 91.1. The molecule has 16 aromatic rings. The monoisotopic (exact) mass is 1710 g/mol. The number of nitrogens with one attached hydrogen (secondary N) is 3. The van der Waals surface area contributed by atoms with Gasteiger partial charge < -0.3 is 33.2 Å². The van der Waals surface area contributed by atoms with Crippen LogP contribution in [0.3, 0.4) is 0 Å². The topological polar surface area (TPSA) is 322 Å². The van der Waals surface area contributed by atoms with Crippen LogP contribution in [0, 0.1) is 17.5 Å². The maximum absolute atomic E-state index is 13.7. The van der Waals surface area contributed by atoms with E-state index in [9.17, 15) is 41.9 Å². The zero-order valence-corrected chi connectivity index (χ0v) is 62.0. The predicted octanol–water partition coefficient (Wildman–Crippen LogP) is 18.3. The number of rotatable bonds is 13. The fourth-order valence-corrected chi connectivity index (χ4v) is 13.2. The summed E-state index contributed by atoms with van der Waals surface area (Å²) in [7, 11) is 0. The summed E-state index contributed by atoms with van der Waals surface area (Å²) in [5, 5.41) is 28.7. The maximum atomic E-state index is 13.7. The third kappa shape index (κ3) is 15.8. The molecule has 6 amide bonds. The number of hydrogen-bond donors (Lipinski definition) is 6. The number of pyridine rings is 4. The van der Waals surface area contributed by atoms with E-state index >= 15 is 0 Å². The van der Waals surface area contributed by atoms with Gasteiger partial charge in [0.15, 0.2) is 17.1 Å². The van der Waals surface area contributed by atoms with E-state index < -0.39 is 52.9 Å². The van der Waals surface area contributed by atoms with Crippen LogP contribution in [0.1, 0.15) is 70.0 Å². The number of carbonyl (C=O) groups excluding carboxylic acids is 6. The number of halogens is 9. The van der Waals surface area contributed by atoms with Crippen molar-refractivity contribution in [1.82, 2.24) is 49.3 Å². The first-order valence-electron chi connectivity index (χ1n) is 31.7. The Hall–Kier alpha value is -12.3. The average molecular weight is 1710 g/mol. The second-order valence-electron chi connectivity index (χ2n) is 23.5. The Morgan fingerprint density at radius 2 is 0.725 bits per heavy atom. The number of primary amides is 3. The van der Waals surface area contributed by atoms with Gasteiger partial charge >= 0.3 is 0 Å². The van der Waals surface area contributed by atoms with Crippen molar-refractivity contribution in [2.24, 2.45) is 17.2 Å². The molecule has 9 N–H and O–H groups in total. The molecule has 7 aromatic heterocycles. The second-order valence-corrected chi connectivity index (χ2v) is 25.5. The first kappa shape index (κ1) is 76.3. The van der Waals surface area contributed by atoms with Gasteiger partial charge in [-0.25, -0.2) is 27.2 Å². The standard InChI is InChI=1S/C29H18ClFN6O2.C24H14BrClFN5O2.C24H15ClFN5O2.CH4.Br2/c30-25-15-34-11-9-21(25)29(39)35-18-5-8-20-22(16-2-1-10-33-14-16)13-24-26(28(32)38)36-37(27(24)23(20)12-18)19-6-3-17(31)4-7-19;25-19-10-18-21(23(28)33)31-32(14-4-1-12(27)2-5-14)22(18)17-9-13(3-6-15(17)19)30-24(34)16-7-8-29-11-20(16)26;25-20-12-28-10-9-17(20)24(33)29-15-5-1-13-2-8-18-21(23(27)32)30-31(22(18)19(13)11-15)16-6-3-14(26)4-7-16;;1-2/h1-15H,(H2,32,38)(H,35,39);1-11H,(H2,28,33)(H,30,34);1-12H,(H2,27,32)(H,29,33);1H4;. The van der Waals surface area contributed by atoms with Crippen LogP contribution in [0.4, 0.5) is 30.2 Å². The van der Waals surface area contributed by atoms with Gasteiger partial charge in [-0.15, -0.1) is 0 Å². The predicted molar refractivity (Wildman–Crippen MR) is 428 cm³/mol. The number of nitrogens with two attached hydrogens (primary N) is 3. The highest BCUT2D eigenvalue weighted by Gasteiger charge is 2.26. The Balaban J connectivity index is 0.000000151. The molecule has 0 fully saturated rings. The van der Waals surface area contributed by atoms with E-state index in [4.69, 9.17) is 52.0 Å². The van der Waals surface area contributed by atoms with E-state index in [1.54, 1.807) is 107 Å². The maximum Gasteiger partial charge on any atom is 0.269 e. The average Bonchev–Trinajstić information content (AvgIpc) is 1.62. The lowest BCUT2D eigenvalue weighted by Crippen LogP contribution is -2.12. The molecule has 0 saturated heterocycles. The lowest BCUT2D eigenvalue weighted by molar-refractivity contribution is 0.0988. The number of fused-ring (bicyclic) bond motifs is 9. The minimum Gasteiger partial charge on any atom is -0.364 e. The van der Waals surface area contributed by atoms with Gasteiger partial charge in [-0.3, -0.25) is 48.7 Å². The lowest BCUT2D eigenvalue weighted by Gasteiger charge is -2.13. The normalized spacial score (nSPS) is 10.9. The molecule has 0 radical (unpaired) electrons. The molecule has 7 heterocycles. The summed E-state index contributed by atoms with van der Waals surface area (Å²) in [5.41, 5.74) is 24.4. The number of anilines is 3. The van der Waals surface area contributed by atoms with Gasteiger partial charge in [0, 0.05) is 137 Å². The molecule has 0 saturated carbocycles. The molecule has 22 nitrogen and oxygen atoms in total. The van der Waals surface area contributed by atoms with Gasteiger partial charge in [0.05, 0.1) is 65.4 Å². The third-order valence-corrected chi connectivity index (χ3v) is 18.4. The number of benzene rings is 9. The highest BCUT2D eigenvalue weighted by Crippen LogP contribution is 2.41. The molecule has 542 valence electrons. The summed E-state index contributed by atoms with van der Waals surface area (Å²) < 4.78 is 46.1. The van der Waals surface area contributed by atoms with Crippen LogP contribution in [-0.4, -0.2) is 84.7 Å². The van der Waals surface area contributed by atoms with Crippen LogP contribution in [0.15, 0.2) is 236 Å². The number of nitrogens with zero attached hydrogens (tertiary/aromatic N) is 10. The fraction of sp³-hybridized carbons (Fsp3) is 0.0128. The molecule has 31 heteroatoms. The smallest absolute Gasteiger partial charge is 0.269 e. The Kier molecular flexibility index (Phi) is 23.0. The first-order valence-corrected chi connectivity index (χ1v) is 37.3. The van der Waals surface area contributed by atoms with E-state index in [0.717, 1.165) is 32.7 Å². The van der Waals surface area contributed by atoms with Crippen molar-refractivity contribution in [2.45, 2.75) is 7.43 Å². The van der Waals surface area contributed by atoms with Gasteiger partial charge in [0.2, 0.25) is 0 Å². The van der Waals surface area contributed by atoms with Crippen molar-refractivity contribution in [3.8, 4) is 28.2 Å². The van der Waals surface area contributed by atoms with Crippen molar-refractivity contribution in [3.63, 3.8) is 0 Å². The van der Waals surface area contributed by atoms with Gasteiger partial charge in [-0.05, 0) is 173 Å². The van der Waals surface area contributed by atoms with Crippen LogP contribution in [0.25, 0.3) is 93.2 Å². The highest BCUT2D eigenvalue weighted by atomic mass is 80.9. The third-order valence-electron chi connectivity index (χ3n) is 16.9. The molecule has 109 heavy (non-hydrogen) atoms. The number of amides is 6. The summed E-state index contributed by atoms with van der Waals surface area (Å²) >= 11 is 27.4. The molecule has 9 aromatic carbocycles. The molecular formula is C78H51Br3Cl3F3N16O6. The molecular weight excluding hydrogens is 1660 g/mol. The highest BCUT2D eigenvalue weighted by molar-refractivity contribution is 9.93. The number of hydrogen-bond acceptors (Lipinski definition) is 13. The fourth-order valence-electron chi connectivity index (χ4n) is 12.0. The molecule has 0 aliphatic carbocycles. The Morgan fingerprint density at radius 3 is 1.13 bits per heavy atom. The number of aromatic nitrogens is 10. The molecule has 16 rings (SSSR count). The minimum absolute atomic E-state index is 0. The van der Waals surface area contributed by atoms with Crippen LogP contribution in [-0.2, 0) is 0 Å². The van der Waals surface area contributed by atoms with Gasteiger partial charge in [0.25, 0.3) is 35.4 Å².